The van der Waals surface area contributed by atoms with Crippen molar-refractivity contribution in [1.29, 1.82) is 0 Å². The summed E-state index contributed by atoms with van der Waals surface area (Å²) in [6.07, 6.45) is -4.52. The molecule has 1 aromatic carbocycles. The Bertz CT molecular complexity index is 774. The summed E-state index contributed by atoms with van der Waals surface area (Å²) < 4.78 is 66.5. The minimum atomic E-state index is -4.52. The molecule has 1 aliphatic heterocycles. The molecule has 0 unspecified atom stereocenters. The average Bonchev–Trinajstić information content (AvgIpc) is 2.78. The Balaban J connectivity index is 2.50. The van der Waals surface area contributed by atoms with Crippen LogP contribution in [-0.2, 0) is 26.5 Å². The van der Waals surface area contributed by atoms with Gasteiger partial charge in [-0.2, -0.15) is 13.2 Å². The molecule has 2 atom stereocenters. The largest absolute Gasteiger partial charge is 0.494 e. The van der Waals surface area contributed by atoms with E-state index >= 15 is 0 Å². The Hall–Kier alpha value is -0.895. The summed E-state index contributed by atoms with van der Waals surface area (Å²) in [6, 6.07) is 3.33. The second kappa shape index (κ2) is 7.66. The van der Waals surface area contributed by atoms with Gasteiger partial charge in [0.15, 0.2) is 0 Å². The zero-order valence-corrected chi connectivity index (χ0v) is 19.4. The Morgan fingerprint density at radius 3 is 1.93 bits per heavy atom. The fourth-order valence-electron chi connectivity index (χ4n) is 2.98. The van der Waals surface area contributed by atoms with E-state index in [9.17, 15) is 17.4 Å². The van der Waals surface area contributed by atoms with E-state index in [0.29, 0.717) is 11.0 Å². The molecule has 2 rings (SSSR count). The highest BCUT2D eigenvalue weighted by atomic mass is 32.2. The van der Waals surface area contributed by atoms with E-state index in [2.05, 4.69) is 0 Å². The zero-order valence-electron chi connectivity index (χ0n) is 18.6. The third-order valence-electron chi connectivity index (χ3n) is 5.64. The zero-order chi connectivity index (χ0) is 22.6. The Kier molecular flexibility index (Phi) is 6.44. The highest BCUT2D eigenvalue weighted by Gasteiger charge is 2.52. The van der Waals surface area contributed by atoms with Crippen molar-refractivity contribution in [3.63, 3.8) is 0 Å². The van der Waals surface area contributed by atoms with Crippen LogP contribution in [0.15, 0.2) is 18.2 Å². The van der Waals surface area contributed by atoms with Crippen LogP contribution in [0.4, 0.5) is 13.2 Å². The highest BCUT2D eigenvalue weighted by molar-refractivity contribution is 7.84. The molecule has 4 nitrogen and oxygen atoms in total. The maximum Gasteiger partial charge on any atom is 0.494 e. The molecule has 164 valence electrons. The van der Waals surface area contributed by atoms with Crippen LogP contribution in [0.3, 0.4) is 0 Å². The third-order valence-corrected chi connectivity index (χ3v) is 7.53. The number of rotatable bonds is 4. The summed E-state index contributed by atoms with van der Waals surface area (Å²) in [5, 5.41) is 0. The van der Waals surface area contributed by atoms with Gasteiger partial charge < -0.3 is 9.31 Å². The molecule has 29 heavy (non-hydrogen) atoms. The van der Waals surface area contributed by atoms with Gasteiger partial charge in [0.1, 0.15) is 0 Å². The molecular formula is C20H31BF3NO3S. The van der Waals surface area contributed by atoms with Crippen LogP contribution in [0, 0.1) is 0 Å². The molecular weight excluding hydrogens is 402 g/mol. The van der Waals surface area contributed by atoms with Crippen molar-refractivity contribution in [3.05, 3.63) is 29.3 Å². The van der Waals surface area contributed by atoms with Gasteiger partial charge >= 0.3 is 13.3 Å². The average molecular weight is 433 g/mol. The first kappa shape index (κ1) is 24.4. The summed E-state index contributed by atoms with van der Waals surface area (Å²) in [4.78, 5) is 0. The minimum Gasteiger partial charge on any atom is -0.399 e. The van der Waals surface area contributed by atoms with Crippen LogP contribution in [0.2, 0.25) is 0 Å². The molecule has 0 aliphatic carbocycles. The quantitative estimate of drug-likeness (QED) is 0.659. The topological polar surface area (TPSA) is 38.8 Å². The lowest BCUT2D eigenvalue weighted by atomic mass is 9.77. The van der Waals surface area contributed by atoms with E-state index in [1.54, 1.807) is 24.3 Å². The van der Waals surface area contributed by atoms with E-state index in [1.165, 1.54) is 0 Å². The summed E-state index contributed by atoms with van der Waals surface area (Å²) in [5.41, 5.74) is -1.40. The van der Waals surface area contributed by atoms with Gasteiger partial charge in [0.25, 0.3) is 0 Å². The molecule has 1 saturated heterocycles. The van der Waals surface area contributed by atoms with Crippen LogP contribution in [0.5, 0.6) is 0 Å². The predicted octanol–water partition coefficient (Wildman–Crippen LogP) is 4.46. The monoisotopic (exact) mass is 433 g/mol. The molecule has 0 radical (unpaired) electrons. The van der Waals surface area contributed by atoms with Crippen LogP contribution in [0.25, 0.3) is 0 Å². The van der Waals surface area contributed by atoms with Crippen molar-refractivity contribution in [2.45, 2.75) is 83.6 Å². The van der Waals surface area contributed by atoms with Gasteiger partial charge in [0.2, 0.25) is 0 Å². The number of hydrogen-bond donors (Lipinski definition) is 0. The molecule has 0 N–H and O–H groups in total. The van der Waals surface area contributed by atoms with Gasteiger partial charge in [-0.3, -0.25) is 0 Å². The van der Waals surface area contributed by atoms with Gasteiger partial charge in [-0.05, 0) is 72.5 Å². The van der Waals surface area contributed by atoms with Crippen LogP contribution < -0.4 is 5.46 Å². The standard InChI is InChI=1S/C20H31BF3NO3S/c1-13(25(9)29(26)17(2,3)4)14-10-15(20(22,23)24)12-16(11-14)21-27-18(5,6)19(7,8)28-21/h10-13H,1-9H3/t13-,29-/m1/s1. The molecule has 1 aliphatic rings. The van der Waals surface area contributed by atoms with Crippen LogP contribution >= 0.6 is 0 Å². The smallest absolute Gasteiger partial charge is 0.399 e. The van der Waals surface area contributed by atoms with Gasteiger partial charge in [-0.15, -0.1) is 0 Å². The van der Waals surface area contributed by atoms with E-state index in [0.717, 1.165) is 12.1 Å². The predicted molar refractivity (Wildman–Crippen MR) is 111 cm³/mol. The Morgan fingerprint density at radius 2 is 1.52 bits per heavy atom. The van der Waals surface area contributed by atoms with Crippen LogP contribution in [-0.4, -0.2) is 38.6 Å². The number of halogens is 3. The van der Waals surface area contributed by atoms with Gasteiger partial charge in [-0.1, -0.05) is 12.1 Å². The SMILES string of the molecule is C[C@H](c1cc(B2OC(C)(C)C(C)(C)O2)cc(C(F)(F)F)c1)N(C)[S@](=O)C(C)(C)C. The van der Waals surface area contributed by atoms with Crippen molar-refractivity contribution < 1.29 is 26.7 Å². The second-order valence-corrected chi connectivity index (χ2v) is 11.9. The van der Waals surface area contributed by atoms with Crippen molar-refractivity contribution in [1.82, 2.24) is 4.31 Å². The molecule has 0 aromatic heterocycles. The third kappa shape index (κ3) is 5.06. The first-order valence-corrected chi connectivity index (χ1v) is 10.7. The van der Waals surface area contributed by atoms with Gasteiger partial charge in [0.05, 0.1) is 32.5 Å². The fourth-order valence-corrected chi connectivity index (χ4v) is 4.26. The minimum absolute atomic E-state index is 0.301. The normalized spacial score (nSPS) is 21.5. The summed E-state index contributed by atoms with van der Waals surface area (Å²) in [5.74, 6) is 0. The molecule has 0 bridgehead atoms. The molecule has 1 fully saturated rings. The number of benzene rings is 1. The first-order valence-electron chi connectivity index (χ1n) is 9.59. The maximum absolute atomic E-state index is 13.6. The number of hydrogen-bond acceptors (Lipinski definition) is 3. The van der Waals surface area contributed by atoms with E-state index < -0.39 is 51.8 Å². The van der Waals surface area contributed by atoms with Crippen molar-refractivity contribution in [2.75, 3.05) is 7.05 Å². The molecule has 0 saturated carbocycles. The summed E-state index contributed by atoms with van der Waals surface area (Å²) in [6.45, 7) is 14.6. The van der Waals surface area contributed by atoms with Crippen molar-refractivity contribution >= 4 is 23.6 Å². The molecule has 1 aromatic rings. The second-order valence-electron chi connectivity index (χ2n) is 9.56. The lowest BCUT2D eigenvalue weighted by Gasteiger charge is -2.32. The van der Waals surface area contributed by atoms with Crippen molar-refractivity contribution in [3.8, 4) is 0 Å². The highest BCUT2D eigenvalue weighted by Crippen LogP contribution is 2.38. The lowest BCUT2D eigenvalue weighted by Crippen LogP contribution is -2.41. The van der Waals surface area contributed by atoms with E-state index in [1.807, 2.05) is 48.5 Å². The van der Waals surface area contributed by atoms with Gasteiger partial charge in [-0.25, -0.2) is 8.51 Å². The van der Waals surface area contributed by atoms with Gasteiger partial charge in [0, 0.05) is 13.1 Å². The molecule has 0 amide bonds. The fraction of sp³-hybridized carbons (Fsp3) is 0.700. The van der Waals surface area contributed by atoms with E-state index in [-0.39, 0.29) is 0 Å². The summed E-state index contributed by atoms with van der Waals surface area (Å²) in [7, 11) is -0.641. The molecule has 1 heterocycles. The number of nitrogens with zero attached hydrogens (tertiary/aromatic N) is 1. The van der Waals surface area contributed by atoms with Crippen LogP contribution in [0.1, 0.15) is 72.6 Å². The molecule has 0 spiro atoms. The number of alkyl halides is 3. The molecule has 9 heteroatoms. The maximum atomic E-state index is 13.6. The first-order chi connectivity index (χ1) is 12.9. The lowest BCUT2D eigenvalue weighted by molar-refractivity contribution is -0.137. The summed E-state index contributed by atoms with van der Waals surface area (Å²) >= 11 is 0. The Labute approximate surface area is 174 Å². The Morgan fingerprint density at radius 1 is 1.03 bits per heavy atom. The van der Waals surface area contributed by atoms with E-state index in [4.69, 9.17) is 9.31 Å². The van der Waals surface area contributed by atoms with Crippen molar-refractivity contribution in [2.24, 2.45) is 0 Å².